The van der Waals surface area contributed by atoms with Gasteiger partial charge in [0.25, 0.3) is 5.91 Å². The highest BCUT2D eigenvalue weighted by molar-refractivity contribution is 6.20. The summed E-state index contributed by atoms with van der Waals surface area (Å²) in [7, 11) is 0. The monoisotopic (exact) mass is 459 g/mol. The van der Waals surface area contributed by atoms with E-state index < -0.39 is 0 Å². The number of hydrogen-bond acceptors (Lipinski definition) is 4. The summed E-state index contributed by atoms with van der Waals surface area (Å²) in [5, 5.41) is 6.69. The molecule has 1 fully saturated rings. The molecule has 4 atom stereocenters. The number of carbonyl (C=O) groups is 1. The van der Waals surface area contributed by atoms with E-state index in [0.717, 1.165) is 42.8 Å². The number of hydrogen-bond donors (Lipinski definition) is 2. The number of piperazine rings is 1. The van der Waals surface area contributed by atoms with Gasteiger partial charge in [-0.05, 0) is 76.3 Å². The average molecular weight is 460 g/mol. The molecule has 2 unspecified atom stereocenters. The Hall–Kier alpha value is -2.86. The quantitative estimate of drug-likeness (QED) is 0.713. The average Bonchev–Trinajstić information content (AvgIpc) is 3.18. The highest BCUT2D eigenvalue weighted by Crippen LogP contribution is 2.43. The van der Waals surface area contributed by atoms with Crippen LogP contribution in [0.25, 0.3) is 16.6 Å². The van der Waals surface area contributed by atoms with Gasteiger partial charge in [0.2, 0.25) is 0 Å². The number of amides is 1. The Labute approximate surface area is 202 Å². The molecule has 2 aromatic rings. The molecule has 180 valence electrons. The van der Waals surface area contributed by atoms with E-state index in [4.69, 9.17) is 4.98 Å². The molecule has 6 nitrogen and oxygen atoms in total. The van der Waals surface area contributed by atoms with E-state index in [1.54, 1.807) is 0 Å². The molecule has 34 heavy (non-hydrogen) atoms. The number of benzene rings is 1. The first kappa shape index (κ1) is 22.9. The first-order valence-corrected chi connectivity index (χ1v) is 12.8. The number of aromatic nitrogens is 2. The van der Waals surface area contributed by atoms with E-state index in [1.807, 2.05) is 13.0 Å². The molecule has 6 heteroatoms. The fraction of sp³-hybridized carbons (Fsp3) is 0.500. The second-order valence-corrected chi connectivity index (χ2v) is 10.3. The lowest BCUT2D eigenvalue weighted by atomic mass is 9.84. The van der Waals surface area contributed by atoms with Gasteiger partial charge in [-0.25, -0.2) is 4.98 Å². The number of likely N-dealkylation sites (N-methyl/N-ethyl adjacent to an activating group) is 1. The first-order chi connectivity index (χ1) is 16.4. The van der Waals surface area contributed by atoms with Crippen molar-refractivity contribution in [3.05, 3.63) is 59.1 Å². The maximum absolute atomic E-state index is 13.3. The van der Waals surface area contributed by atoms with Crippen LogP contribution in [0.15, 0.2) is 53.3 Å². The van der Waals surface area contributed by atoms with Gasteiger partial charge in [0.15, 0.2) is 0 Å². The van der Waals surface area contributed by atoms with E-state index in [0.29, 0.717) is 30.1 Å². The lowest BCUT2D eigenvalue weighted by Gasteiger charge is -2.41. The van der Waals surface area contributed by atoms with E-state index >= 15 is 0 Å². The summed E-state index contributed by atoms with van der Waals surface area (Å²) in [6.45, 7) is 13.6. The van der Waals surface area contributed by atoms with E-state index in [1.165, 1.54) is 16.8 Å². The summed E-state index contributed by atoms with van der Waals surface area (Å²) in [6.07, 6.45) is 6.67. The maximum Gasteiger partial charge on any atom is 0.255 e. The zero-order chi connectivity index (χ0) is 24.0. The molecule has 1 amide bonds. The second kappa shape index (κ2) is 9.06. The molecule has 1 aromatic heterocycles. The SMILES string of the molecule is CCNC(=O)C1=C/C2=C(N3C[C@@H](C)N[C@@H](C)C3)/C=C(/C)C(C)CCC2n2c1nc1ccccc12. The predicted octanol–water partition coefficient (Wildman–Crippen LogP) is 4.42. The van der Waals surface area contributed by atoms with Gasteiger partial charge >= 0.3 is 0 Å². The van der Waals surface area contributed by atoms with Crippen molar-refractivity contribution >= 4 is 22.5 Å². The number of allylic oxidation sites excluding steroid dienone is 4. The fourth-order valence-electron chi connectivity index (χ4n) is 5.83. The Kier molecular flexibility index (Phi) is 6.11. The Balaban J connectivity index is 1.78. The van der Waals surface area contributed by atoms with Gasteiger partial charge in [0.05, 0.1) is 22.6 Å². The van der Waals surface area contributed by atoms with Gasteiger partial charge in [-0.2, -0.15) is 0 Å². The minimum Gasteiger partial charge on any atom is -0.368 e. The van der Waals surface area contributed by atoms with Crippen LogP contribution in [0.4, 0.5) is 0 Å². The summed E-state index contributed by atoms with van der Waals surface area (Å²) < 4.78 is 2.34. The molecule has 2 aliphatic heterocycles. The predicted molar refractivity (Wildman–Crippen MR) is 138 cm³/mol. The van der Waals surface area contributed by atoms with Crippen molar-refractivity contribution in [1.29, 1.82) is 0 Å². The van der Waals surface area contributed by atoms with E-state index in [9.17, 15) is 4.79 Å². The minimum atomic E-state index is -0.0532. The fourth-order valence-corrected chi connectivity index (χ4v) is 5.83. The van der Waals surface area contributed by atoms with Gasteiger partial charge in [-0.3, -0.25) is 4.79 Å². The Morgan fingerprint density at radius 2 is 1.85 bits per heavy atom. The number of rotatable bonds is 3. The van der Waals surface area contributed by atoms with Gasteiger partial charge in [0.1, 0.15) is 5.82 Å². The zero-order valence-electron chi connectivity index (χ0n) is 21.1. The van der Waals surface area contributed by atoms with Crippen LogP contribution in [0.3, 0.4) is 0 Å². The normalized spacial score (nSPS) is 31.0. The third-order valence-electron chi connectivity index (χ3n) is 7.60. The van der Waals surface area contributed by atoms with Gasteiger partial charge in [-0.1, -0.05) is 24.6 Å². The highest BCUT2D eigenvalue weighted by atomic mass is 16.1. The van der Waals surface area contributed by atoms with Crippen LogP contribution in [0.1, 0.15) is 59.3 Å². The van der Waals surface area contributed by atoms with Crippen LogP contribution in [0.2, 0.25) is 0 Å². The zero-order valence-corrected chi connectivity index (χ0v) is 21.1. The molecule has 3 aliphatic rings. The number of fused-ring (bicyclic) bond motifs is 5. The molecule has 0 saturated carbocycles. The van der Waals surface area contributed by atoms with Crippen LogP contribution < -0.4 is 10.6 Å². The third kappa shape index (κ3) is 3.98. The summed E-state index contributed by atoms with van der Waals surface area (Å²) in [4.78, 5) is 20.8. The lowest BCUT2D eigenvalue weighted by Crippen LogP contribution is -2.53. The van der Waals surface area contributed by atoms with Crippen molar-refractivity contribution in [2.24, 2.45) is 5.92 Å². The third-order valence-corrected chi connectivity index (χ3v) is 7.60. The summed E-state index contributed by atoms with van der Waals surface area (Å²) in [5.74, 6) is 1.25. The van der Waals surface area contributed by atoms with Crippen molar-refractivity contribution in [3.63, 3.8) is 0 Å². The van der Waals surface area contributed by atoms with Crippen molar-refractivity contribution < 1.29 is 4.79 Å². The van der Waals surface area contributed by atoms with E-state index in [-0.39, 0.29) is 11.9 Å². The molecule has 0 spiro atoms. The molecule has 0 bridgehead atoms. The van der Waals surface area contributed by atoms with Crippen LogP contribution in [-0.2, 0) is 4.79 Å². The van der Waals surface area contributed by atoms with Gasteiger partial charge < -0.3 is 20.1 Å². The molecule has 5 rings (SSSR count). The molecule has 1 saturated heterocycles. The largest absolute Gasteiger partial charge is 0.368 e. The number of nitrogens with zero attached hydrogens (tertiary/aromatic N) is 3. The lowest BCUT2D eigenvalue weighted by molar-refractivity contribution is -0.115. The van der Waals surface area contributed by atoms with Gasteiger partial charge in [0, 0.05) is 37.4 Å². The summed E-state index contributed by atoms with van der Waals surface area (Å²) in [6, 6.07) is 9.26. The highest BCUT2D eigenvalue weighted by Gasteiger charge is 2.35. The number of carbonyl (C=O) groups excluding carboxylic acids is 1. The summed E-state index contributed by atoms with van der Waals surface area (Å²) in [5.41, 5.74) is 6.63. The number of imidazole rings is 1. The first-order valence-electron chi connectivity index (χ1n) is 12.8. The molecule has 1 aromatic carbocycles. The molecule has 2 N–H and O–H groups in total. The topological polar surface area (TPSA) is 62.2 Å². The number of nitrogens with one attached hydrogen (secondary N) is 2. The standard InChI is InChI=1S/C28H37N5O/c1-6-29-28(34)22-14-21-24(33-25-10-8-7-9-23(25)31-27(22)33)12-11-17(2)18(3)13-26(21)32-15-19(4)30-20(5)16-32/h7-10,13-14,17,19-20,24,30H,6,11-12,15-16H2,1-5H3,(H,29,34)/b18-13-,26-21+/t17?,19-,20+,24?. The summed E-state index contributed by atoms with van der Waals surface area (Å²) >= 11 is 0. The molecule has 0 radical (unpaired) electrons. The Bertz CT molecular complexity index is 1190. The number of para-hydroxylation sites is 2. The van der Waals surface area contributed by atoms with Crippen LogP contribution in [0, 0.1) is 5.92 Å². The second-order valence-electron chi connectivity index (χ2n) is 10.3. The van der Waals surface area contributed by atoms with Crippen LogP contribution in [0.5, 0.6) is 0 Å². The Morgan fingerprint density at radius 3 is 2.59 bits per heavy atom. The van der Waals surface area contributed by atoms with Crippen LogP contribution in [-0.4, -0.2) is 52.1 Å². The van der Waals surface area contributed by atoms with Crippen molar-refractivity contribution in [1.82, 2.24) is 25.1 Å². The minimum absolute atomic E-state index is 0.0532. The van der Waals surface area contributed by atoms with E-state index in [2.05, 4.69) is 78.1 Å². The van der Waals surface area contributed by atoms with Crippen LogP contribution >= 0.6 is 0 Å². The molecule has 3 heterocycles. The van der Waals surface area contributed by atoms with Crippen molar-refractivity contribution in [2.45, 2.75) is 65.6 Å². The molecular weight excluding hydrogens is 422 g/mol. The maximum atomic E-state index is 13.3. The van der Waals surface area contributed by atoms with Crippen molar-refractivity contribution in [2.75, 3.05) is 19.6 Å². The molecule has 1 aliphatic carbocycles. The van der Waals surface area contributed by atoms with Crippen molar-refractivity contribution in [3.8, 4) is 0 Å². The smallest absolute Gasteiger partial charge is 0.255 e. The Morgan fingerprint density at radius 1 is 1.12 bits per heavy atom. The molecular formula is C28H37N5O. The van der Waals surface area contributed by atoms with Gasteiger partial charge in [-0.15, -0.1) is 0 Å².